The predicted octanol–water partition coefficient (Wildman–Crippen LogP) is 3.17. The molecule has 0 spiro atoms. The van der Waals surface area contributed by atoms with E-state index in [1.54, 1.807) is 12.1 Å². The molecule has 1 heterocycles. The molecule has 124 valence electrons. The molecule has 23 heavy (non-hydrogen) atoms. The lowest BCUT2D eigenvalue weighted by Crippen LogP contribution is -2.20. The molecule has 1 aromatic carbocycles. The Morgan fingerprint density at radius 2 is 1.83 bits per heavy atom. The zero-order chi connectivity index (χ0) is 16.9. The van der Waals surface area contributed by atoms with Crippen molar-refractivity contribution in [3.8, 4) is 0 Å². The van der Waals surface area contributed by atoms with E-state index in [-0.39, 0.29) is 10.7 Å². The molecular weight excluding hydrogens is 336 g/mol. The van der Waals surface area contributed by atoms with Gasteiger partial charge in [-0.1, -0.05) is 24.9 Å². The summed E-state index contributed by atoms with van der Waals surface area (Å²) < 4.78 is 26.9. The van der Waals surface area contributed by atoms with Crippen LogP contribution in [0.5, 0.6) is 0 Å². The number of rotatable bonds is 7. The zero-order valence-electron chi connectivity index (χ0n) is 13.0. The summed E-state index contributed by atoms with van der Waals surface area (Å²) in [4.78, 5) is 2.10. The Hall–Kier alpha value is -1.86. The third-order valence-corrected chi connectivity index (χ3v) is 4.87. The van der Waals surface area contributed by atoms with E-state index in [9.17, 15) is 8.42 Å². The summed E-state index contributed by atoms with van der Waals surface area (Å²) >= 11 is 5.76. The molecular formula is C15H19ClN4O2S. The van der Waals surface area contributed by atoms with Gasteiger partial charge in [-0.15, -0.1) is 10.2 Å². The molecule has 0 fully saturated rings. The maximum atomic E-state index is 12.2. The van der Waals surface area contributed by atoms with Crippen LogP contribution in [0.2, 0.25) is 5.02 Å². The second-order valence-electron chi connectivity index (χ2n) is 5.11. The minimum Gasteiger partial charge on any atom is -0.358 e. The second-order valence-corrected chi connectivity index (χ2v) is 7.23. The van der Waals surface area contributed by atoms with Crippen molar-refractivity contribution in [1.82, 2.24) is 10.2 Å². The first-order chi connectivity index (χ1) is 10.9. The van der Waals surface area contributed by atoms with Gasteiger partial charge in [-0.05, 0) is 42.8 Å². The standard InChI is InChI=1S/C15H19ClN4O2S/c1-3-4-11-20(2)15-10-9-14(17-18-15)19-23(21,22)13-7-5-12(16)6-8-13/h5-10H,3-4,11H2,1-2H3,(H,17,19). The molecule has 1 aromatic heterocycles. The van der Waals surface area contributed by atoms with E-state index in [0.29, 0.717) is 10.8 Å². The number of nitrogens with one attached hydrogen (secondary N) is 1. The van der Waals surface area contributed by atoms with E-state index < -0.39 is 10.0 Å². The van der Waals surface area contributed by atoms with E-state index in [0.717, 1.165) is 19.4 Å². The minimum absolute atomic E-state index is 0.118. The summed E-state index contributed by atoms with van der Waals surface area (Å²) in [5.41, 5.74) is 0. The van der Waals surface area contributed by atoms with E-state index in [2.05, 4.69) is 21.8 Å². The number of hydrogen-bond acceptors (Lipinski definition) is 5. The van der Waals surface area contributed by atoms with E-state index in [1.165, 1.54) is 24.3 Å². The Morgan fingerprint density at radius 3 is 2.39 bits per heavy atom. The first kappa shape index (κ1) is 17.5. The Kier molecular flexibility index (Phi) is 5.79. The van der Waals surface area contributed by atoms with Crippen molar-refractivity contribution in [2.75, 3.05) is 23.2 Å². The van der Waals surface area contributed by atoms with Gasteiger partial charge in [0.15, 0.2) is 11.6 Å². The molecule has 8 heteroatoms. The summed E-state index contributed by atoms with van der Waals surface area (Å²) in [7, 11) is -1.77. The van der Waals surface area contributed by atoms with Crippen LogP contribution < -0.4 is 9.62 Å². The highest BCUT2D eigenvalue weighted by Gasteiger charge is 2.15. The van der Waals surface area contributed by atoms with Crippen LogP contribution in [0.3, 0.4) is 0 Å². The lowest BCUT2D eigenvalue weighted by Gasteiger charge is -2.17. The number of anilines is 2. The third-order valence-electron chi connectivity index (χ3n) is 3.25. The van der Waals surface area contributed by atoms with Crippen molar-refractivity contribution in [3.05, 3.63) is 41.4 Å². The van der Waals surface area contributed by atoms with Crippen LogP contribution in [0.4, 0.5) is 11.6 Å². The summed E-state index contributed by atoms with van der Waals surface area (Å²) in [6.45, 7) is 3.00. The molecule has 0 bridgehead atoms. The molecule has 0 saturated carbocycles. The first-order valence-corrected chi connectivity index (χ1v) is 9.12. The Morgan fingerprint density at radius 1 is 1.13 bits per heavy atom. The first-order valence-electron chi connectivity index (χ1n) is 7.25. The van der Waals surface area contributed by atoms with Gasteiger partial charge in [-0.2, -0.15) is 0 Å². The molecule has 2 rings (SSSR count). The highest BCUT2D eigenvalue weighted by Crippen LogP contribution is 2.18. The monoisotopic (exact) mass is 354 g/mol. The van der Waals surface area contributed by atoms with Gasteiger partial charge >= 0.3 is 0 Å². The summed E-state index contributed by atoms with van der Waals surface area (Å²) in [5, 5.41) is 8.45. The highest BCUT2D eigenvalue weighted by atomic mass is 35.5. The summed E-state index contributed by atoms with van der Waals surface area (Å²) in [6.07, 6.45) is 2.15. The maximum Gasteiger partial charge on any atom is 0.263 e. The van der Waals surface area contributed by atoms with Gasteiger partial charge in [-0.3, -0.25) is 4.72 Å². The topological polar surface area (TPSA) is 75.2 Å². The molecule has 6 nitrogen and oxygen atoms in total. The van der Waals surface area contributed by atoms with Crippen LogP contribution in [0.1, 0.15) is 19.8 Å². The lowest BCUT2D eigenvalue weighted by molar-refractivity contribution is 0.601. The fourth-order valence-electron chi connectivity index (χ4n) is 1.90. The normalized spacial score (nSPS) is 11.3. The van der Waals surface area contributed by atoms with Crippen LogP contribution in [0, 0.1) is 0 Å². The van der Waals surface area contributed by atoms with Crippen molar-refractivity contribution >= 4 is 33.3 Å². The fraction of sp³-hybridized carbons (Fsp3) is 0.333. The summed E-state index contributed by atoms with van der Waals surface area (Å²) in [5.74, 6) is 0.875. The van der Waals surface area contributed by atoms with Crippen molar-refractivity contribution in [1.29, 1.82) is 0 Å². The van der Waals surface area contributed by atoms with Gasteiger partial charge in [0.2, 0.25) is 0 Å². The molecule has 0 amide bonds. The minimum atomic E-state index is -3.70. The van der Waals surface area contributed by atoms with E-state index in [1.807, 2.05) is 11.9 Å². The van der Waals surface area contributed by atoms with Gasteiger partial charge < -0.3 is 4.90 Å². The number of sulfonamides is 1. The number of unbranched alkanes of at least 4 members (excludes halogenated alkanes) is 1. The molecule has 0 aliphatic carbocycles. The number of benzene rings is 1. The molecule has 0 aliphatic heterocycles. The maximum absolute atomic E-state index is 12.2. The van der Waals surface area contributed by atoms with Gasteiger partial charge in [0.1, 0.15) is 0 Å². The molecule has 0 atom stereocenters. The number of hydrogen-bond donors (Lipinski definition) is 1. The van der Waals surface area contributed by atoms with Crippen molar-refractivity contribution < 1.29 is 8.42 Å². The van der Waals surface area contributed by atoms with Crippen molar-refractivity contribution in [2.45, 2.75) is 24.7 Å². The van der Waals surface area contributed by atoms with Crippen LogP contribution >= 0.6 is 11.6 Å². The lowest BCUT2D eigenvalue weighted by atomic mass is 10.3. The number of aromatic nitrogens is 2. The molecule has 0 aliphatic rings. The number of nitrogens with zero attached hydrogens (tertiary/aromatic N) is 3. The van der Waals surface area contributed by atoms with E-state index in [4.69, 9.17) is 11.6 Å². The molecule has 2 aromatic rings. The molecule has 0 radical (unpaired) electrons. The largest absolute Gasteiger partial charge is 0.358 e. The Bertz CT molecular complexity index is 733. The second kappa shape index (κ2) is 7.61. The van der Waals surface area contributed by atoms with Gasteiger partial charge in [0, 0.05) is 18.6 Å². The van der Waals surface area contributed by atoms with Crippen LogP contribution in [-0.4, -0.2) is 32.2 Å². The quantitative estimate of drug-likeness (QED) is 0.826. The predicted molar refractivity (Wildman–Crippen MR) is 92.5 cm³/mol. The number of halogens is 1. The smallest absolute Gasteiger partial charge is 0.263 e. The SMILES string of the molecule is CCCCN(C)c1ccc(NS(=O)(=O)c2ccc(Cl)cc2)nn1. The molecule has 0 unspecified atom stereocenters. The molecule has 0 saturated heterocycles. The average molecular weight is 355 g/mol. The average Bonchev–Trinajstić information content (AvgIpc) is 2.53. The third kappa shape index (κ3) is 4.80. The highest BCUT2D eigenvalue weighted by molar-refractivity contribution is 7.92. The van der Waals surface area contributed by atoms with Crippen molar-refractivity contribution in [3.63, 3.8) is 0 Å². The van der Waals surface area contributed by atoms with Crippen LogP contribution in [0.15, 0.2) is 41.3 Å². The van der Waals surface area contributed by atoms with Gasteiger partial charge in [0.25, 0.3) is 10.0 Å². The van der Waals surface area contributed by atoms with E-state index >= 15 is 0 Å². The summed E-state index contributed by atoms with van der Waals surface area (Å²) in [6, 6.07) is 9.25. The van der Waals surface area contributed by atoms with Gasteiger partial charge in [-0.25, -0.2) is 8.42 Å². The van der Waals surface area contributed by atoms with Crippen LogP contribution in [-0.2, 0) is 10.0 Å². The zero-order valence-corrected chi connectivity index (χ0v) is 14.6. The Balaban J connectivity index is 2.09. The van der Waals surface area contributed by atoms with Crippen LogP contribution in [0.25, 0.3) is 0 Å². The molecule has 1 N–H and O–H groups in total. The Labute approximate surface area is 141 Å². The van der Waals surface area contributed by atoms with Crippen molar-refractivity contribution in [2.24, 2.45) is 0 Å². The van der Waals surface area contributed by atoms with Gasteiger partial charge in [0.05, 0.1) is 4.90 Å². The fourth-order valence-corrected chi connectivity index (χ4v) is 3.03.